The number of hydrogen-bond acceptors (Lipinski definition) is 3. The smallest absolute Gasteiger partial charge is 0.317 e. The van der Waals surface area contributed by atoms with E-state index in [1.54, 1.807) is 0 Å². The molecule has 2 aliphatic heterocycles. The van der Waals surface area contributed by atoms with Crippen molar-refractivity contribution in [3.05, 3.63) is 47.0 Å². The highest BCUT2D eigenvalue weighted by Gasteiger charge is 2.22. The second-order valence-corrected chi connectivity index (χ2v) is 7.61. The summed E-state index contributed by atoms with van der Waals surface area (Å²) in [6.07, 6.45) is 6.46. The van der Waals surface area contributed by atoms with Gasteiger partial charge >= 0.3 is 6.03 Å². The molecule has 0 aliphatic carbocycles. The number of halogens is 1. The van der Waals surface area contributed by atoms with Crippen LogP contribution in [0.1, 0.15) is 24.4 Å². The van der Waals surface area contributed by atoms with E-state index in [4.69, 9.17) is 16.6 Å². The van der Waals surface area contributed by atoms with Crippen LogP contribution in [-0.2, 0) is 19.4 Å². The first-order valence-corrected chi connectivity index (χ1v) is 10.2. The van der Waals surface area contributed by atoms with Crippen LogP contribution in [0, 0.1) is 0 Å². The maximum Gasteiger partial charge on any atom is 0.317 e. The molecule has 6 nitrogen and oxygen atoms in total. The fourth-order valence-corrected chi connectivity index (χ4v) is 4.12. The number of aromatic nitrogens is 2. The average molecular weight is 388 g/mol. The van der Waals surface area contributed by atoms with Gasteiger partial charge in [0.05, 0.1) is 16.4 Å². The number of aryl methyl sites for hydroxylation is 2. The molecule has 0 saturated carbocycles. The Morgan fingerprint density at radius 2 is 1.93 bits per heavy atom. The van der Waals surface area contributed by atoms with Crippen molar-refractivity contribution in [3.63, 3.8) is 0 Å². The van der Waals surface area contributed by atoms with E-state index in [0.717, 1.165) is 48.9 Å². The fourth-order valence-electron chi connectivity index (χ4n) is 3.86. The molecule has 144 valence electrons. The Morgan fingerprint density at radius 3 is 2.70 bits per heavy atom. The van der Waals surface area contributed by atoms with Crippen LogP contribution in [0.5, 0.6) is 0 Å². The van der Waals surface area contributed by atoms with Gasteiger partial charge < -0.3 is 19.7 Å². The number of hydrogen-bond donors (Lipinski definition) is 1. The molecule has 0 unspecified atom stereocenters. The fraction of sp³-hybridized carbons (Fsp3) is 0.500. The van der Waals surface area contributed by atoms with Crippen LogP contribution in [0.15, 0.2) is 30.5 Å². The molecule has 1 fully saturated rings. The number of amides is 2. The molecule has 0 radical (unpaired) electrons. The molecular formula is C20H26ClN5O. The summed E-state index contributed by atoms with van der Waals surface area (Å²) in [5.41, 5.74) is 2.12. The SMILES string of the molecule is O=C(NCCc1cn2c(n1)CCCC2)N1CCN(c2ccccc2Cl)CC1. The van der Waals surface area contributed by atoms with E-state index in [1.165, 1.54) is 18.7 Å². The third kappa shape index (κ3) is 4.21. The molecule has 1 aromatic heterocycles. The first-order valence-electron chi connectivity index (χ1n) is 9.78. The van der Waals surface area contributed by atoms with Crippen molar-refractivity contribution in [1.29, 1.82) is 0 Å². The Hall–Kier alpha value is -2.21. The number of fused-ring (bicyclic) bond motifs is 1. The highest BCUT2D eigenvalue weighted by molar-refractivity contribution is 6.33. The summed E-state index contributed by atoms with van der Waals surface area (Å²) in [4.78, 5) is 21.2. The van der Waals surface area contributed by atoms with E-state index in [2.05, 4.69) is 21.0 Å². The lowest BCUT2D eigenvalue weighted by Gasteiger charge is -2.36. The lowest BCUT2D eigenvalue weighted by atomic mass is 10.2. The quantitative estimate of drug-likeness (QED) is 0.877. The molecule has 1 aromatic carbocycles. The van der Waals surface area contributed by atoms with Gasteiger partial charge in [0.2, 0.25) is 0 Å². The summed E-state index contributed by atoms with van der Waals surface area (Å²) in [5.74, 6) is 1.19. The molecule has 1 N–H and O–H groups in total. The summed E-state index contributed by atoms with van der Waals surface area (Å²) < 4.78 is 2.26. The standard InChI is InChI=1S/C20H26ClN5O/c21-17-5-1-2-6-18(17)24-11-13-25(14-12-24)20(27)22-9-8-16-15-26-10-4-3-7-19(26)23-16/h1-2,5-6,15H,3-4,7-14H2,(H,22,27). The zero-order chi connectivity index (χ0) is 18.6. The topological polar surface area (TPSA) is 53.4 Å². The van der Waals surface area contributed by atoms with Gasteiger partial charge in [-0.05, 0) is 25.0 Å². The number of nitrogens with one attached hydrogen (secondary N) is 1. The Morgan fingerprint density at radius 1 is 1.11 bits per heavy atom. The van der Waals surface area contributed by atoms with Gasteiger partial charge in [0.25, 0.3) is 0 Å². The number of benzene rings is 1. The second kappa shape index (κ2) is 8.21. The minimum Gasteiger partial charge on any atom is -0.367 e. The van der Waals surface area contributed by atoms with Gasteiger partial charge in [-0.2, -0.15) is 0 Å². The largest absolute Gasteiger partial charge is 0.367 e. The summed E-state index contributed by atoms with van der Waals surface area (Å²) in [5, 5.41) is 3.80. The summed E-state index contributed by atoms with van der Waals surface area (Å²) in [7, 11) is 0. The van der Waals surface area contributed by atoms with E-state index in [9.17, 15) is 4.79 Å². The Bertz CT molecular complexity index is 774. The minimum atomic E-state index is 0.0118. The van der Waals surface area contributed by atoms with Crippen molar-refractivity contribution in [2.45, 2.75) is 32.2 Å². The molecule has 27 heavy (non-hydrogen) atoms. The molecule has 2 aliphatic rings. The van der Waals surface area contributed by atoms with Gasteiger partial charge in [0, 0.05) is 58.3 Å². The van der Waals surface area contributed by atoms with E-state index in [0.29, 0.717) is 19.6 Å². The predicted octanol–water partition coefficient (Wildman–Crippen LogP) is 2.95. The molecule has 7 heteroatoms. The molecule has 1 saturated heterocycles. The molecular weight excluding hydrogens is 362 g/mol. The zero-order valence-electron chi connectivity index (χ0n) is 15.5. The van der Waals surface area contributed by atoms with Gasteiger partial charge in [-0.3, -0.25) is 0 Å². The summed E-state index contributed by atoms with van der Waals surface area (Å²) >= 11 is 6.28. The Balaban J connectivity index is 1.23. The number of piperazine rings is 1. The van der Waals surface area contributed by atoms with Crippen molar-refractivity contribution >= 4 is 23.3 Å². The number of imidazole rings is 1. The first-order chi connectivity index (χ1) is 13.2. The highest BCUT2D eigenvalue weighted by Crippen LogP contribution is 2.26. The van der Waals surface area contributed by atoms with Crippen LogP contribution in [0.3, 0.4) is 0 Å². The number of anilines is 1. The van der Waals surface area contributed by atoms with Crippen molar-refractivity contribution in [2.75, 3.05) is 37.6 Å². The number of rotatable bonds is 4. The van der Waals surface area contributed by atoms with Gasteiger partial charge in [-0.1, -0.05) is 23.7 Å². The molecule has 4 rings (SSSR count). The molecule has 2 amide bonds. The van der Waals surface area contributed by atoms with E-state index >= 15 is 0 Å². The van der Waals surface area contributed by atoms with E-state index < -0.39 is 0 Å². The van der Waals surface area contributed by atoms with Crippen molar-refractivity contribution in [3.8, 4) is 0 Å². The van der Waals surface area contributed by atoms with Crippen LogP contribution in [0.25, 0.3) is 0 Å². The van der Waals surface area contributed by atoms with Crippen molar-refractivity contribution < 1.29 is 4.79 Å². The molecule has 0 atom stereocenters. The predicted molar refractivity (Wildman–Crippen MR) is 108 cm³/mol. The summed E-state index contributed by atoms with van der Waals surface area (Å²) in [6.45, 7) is 4.70. The third-order valence-electron chi connectivity index (χ3n) is 5.38. The zero-order valence-corrected chi connectivity index (χ0v) is 16.3. The van der Waals surface area contributed by atoms with E-state index in [-0.39, 0.29) is 6.03 Å². The molecule has 0 spiro atoms. The van der Waals surface area contributed by atoms with Crippen LogP contribution in [0.4, 0.5) is 10.5 Å². The number of para-hydroxylation sites is 1. The lowest BCUT2D eigenvalue weighted by Crippen LogP contribution is -2.52. The average Bonchev–Trinajstić information content (AvgIpc) is 3.11. The minimum absolute atomic E-state index is 0.0118. The van der Waals surface area contributed by atoms with Gasteiger partial charge in [0.15, 0.2) is 0 Å². The van der Waals surface area contributed by atoms with Gasteiger partial charge in [-0.15, -0.1) is 0 Å². The normalized spacial score (nSPS) is 16.9. The van der Waals surface area contributed by atoms with E-state index in [1.807, 2.05) is 29.2 Å². The van der Waals surface area contributed by atoms with Gasteiger partial charge in [-0.25, -0.2) is 9.78 Å². The summed E-state index contributed by atoms with van der Waals surface area (Å²) in [6, 6.07) is 7.88. The third-order valence-corrected chi connectivity index (χ3v) is 5.70. The van der Waals surface area contributed by atoms with Crippen LogP contribution in [0.2, 0.25) is 5.02 Å². The number of urea groups is 1. The maximum absolute atomic E-state index is 12.4. The molecule has 3 heterocycles. The van der Waals surface area contributed by atoms with Crippen molar-refractivity contribution in [1.82, 2.24) is 19.8 Å². The number of carbonyl (C=O) groups is 1. The molecule has 0 bridgehead atoms. The Kier molecular flexibility index (Phi) is 5.53. The van der Waals surface area contributed by atoms with Crippen LogP contribution < -0.4 is 10.2 Å². The van der Waals surface area contributed by atoms with Crippen molar-refractivity contribution in [2.24, 2.45) is 0 Å². The van der Waals surface area contributed by atoms with Crippen LogP contribution in [-0.4, -0.2) is 53.2 Å². The van der Waals surface area contributed by atoms with Gasteiger partial charge in [0.1, 0.15) is 5.82 Å². The number of nitrogens with zero attached hydrogens (tertiary/aromatic N) is 4. The molecule has 2 aromatic rings. The first kappa shape index (κ1) is 18.2. The second-order valence-electron chi connectivity index (χ2n) is 7.21. The monoisotopic (exact) mass is 387 g/mol. The van der Waals surface area contributed by atoms with Crippen LogP contribution >= 0.6 is 11.6 Å². The lowest BCUT2D eigenvalue weighted by molar-refractivity contribution is 0.194. The maximum atomic E-state index is 12.4. The Labute approximate surface area is 165 Å². The highest BCUT2D eigenvalue weighted by atomic mass is 35.5. The number of carbonyl (C=O) groups excluding carboxylic acids is 1.